The Morgan fingerprint density at radius 3 is 2.35 bits per heavy atom. The van der Waals surface area contributed by atoms with Crippen molar-refractivity contribution < 1.29 is 14.4 Å². The van der Waals surface area contributed by atoms with E-state index >= 15 is 0 Å². The van der Waals surface area contributed by atoms with Crippen molar-refractivity contribution in [2.75, 3.05) is 27.8 Å². The second kappa shape index (κ2) is 9.20. The van der Waals surface area contributed by atoms with Crippen LogP contribution in [-0.4, -0.2) is 37.6 Å². The molecule has 0 amide bonds. The molecule has 2 rings (SSSR count). The van der Waals surface area contributed by atoms with Crippen molar-refractivity contribution in [2.45, 2.75) is 26.3 Å². The number of benzene rings is 2. The highest BCUT2D eigenvalue weighted by Crippen LogP contribution is 2.28. The zero-order valence-electron chi connectivity index (χ0n) is 15.8. The molecule has 6 nitrogen and oxygen atoms in total. The average molecular weight is 358 g/mol. The maximum atomic E-state index is 10.9. The van der Waals surface area contributed by atoms with Gasteiger partial charge in [-0.05, 0) is 62.7 Å². The number of nitro benzene ring substituents is 1. The summed E-state index contributed by atoms with van der Waals surface area (Å²) in [7, 11) is 5.35. The lowest BCUT2D eigenvalue weighted by molar-refractivity contribution is -0.385. The van der Waals surface area contributed by atoms with Gasteiger partial charge in [-0.3, -0.25) is 10.1 Å². The number of nitrogens with zero attached hydrogens (tertiary/aromatic N) is 2. The summed E-state index contributed by atoms with van der Waals surface area (Å²) in [6, 6.07) is 11.3. The SMILES string of the molecule is COc1ccc(CN(C)CCCc2ccc([N+](=O)[O-])c(C)c2)cc1OC. The minimum atomic E-state index is -0.337. The van der Waals surface area contributed by atoms with Gasteiger partial charge in [0.1, 0.15) is 0 Å². The Kier molecular flexibility index (Phi) is 6.97. The molecule has 0 bridgehead atoms. The summed E-state index contributed by atoms with van der Waals surface area (Å²) in [4.78, 5) is 12.8. The first kappa shape index (κ1) is 19.7. The van der Waals surface area contributed by atoms with Crippen LogP contribution in [0, 0.1) is 17.0 Å². The van der Waals surface area contributed by atoms with Crippen molar-refractivity contribution in [2.24, 2.45) is 0 Å². The van der Waals surface area contributed by atoms with E-state index in [2.05, 4.69) is 11.9 Å². The fourth-order valence-corrected chi connectivity index (χ4v) is 3.00. The van der Waals surface area contributed by atoms with Crippen LogP contribution in [0.2, 0.25) is 0 Å². The van der Waals surface area contributed by atoms with Crippen LogP contribution in [0.3, 0.4) is 0 Å². The number of methoxy groups -OCH3 is 2. The van der Waals surface area contributed by atoms with Gasteiger partial charge in [0.2, 0.25) is 0 Å². The van der Waals surface area contributed by atoms with Crippen LogP contribution in [0.15, 0.2) is 36.4 Å². The van der Waals surface area contributed by atoms with Crippen LogP contribution in [-0.2, 0) is 13.0 Å². The monoisotopic (exact) mass is 358 g/mol. The number of hydrogen-bond acceptors (Lipinski definition) is 5. The van der Waals surface area contributed by atoms with E-state index in [9.17, 15) is 10.1 Å². The summed E-state index contributed by atoms with van der Waals surface area (Å²) in [5.41, 5.74) is 3.19. The van der Waals surface area contributed by atoms with Crippen molar-refractivity contribution in [3.8, 4) is 11.5 Å². The Bertz CT molecular complexity index is 761. The van der Waals surface area contributed by atoms with E-state index in [0.29, 0.717) is 5.56 Å². The first-order chi connectivity index (χ1) is 12.4. The van der Waals surface area contributed by atoms with Crippen LogP contribution in [0.4, 0.5) is 5.69 Å². The van der Waals surface area contributed by atoms with E-state index in [4.69, 9.17) is 9.47 Å². The topological polar surface area (TPSA) is 64.8 Å². The van der Waals surface area contributed by atoms with Gasteiger partial charge in [-0.1, -0.05) is 12.1 Å². The van der Waals surface area contributed by atoms with E-state index in [0.717, 1.165) is 48.6 Å². The largest absolute Gasteiger partial charge is 0.493 e. The Hall–Kier alpha value is -2.60. The first-order valence-corrected chi connectivity index (χ1v) is 8.58. The molecule has 2 aromatic carbocycles. The molecule has 26 heavy (non-hydrogen) atoms. The summed E-state index contributed by atoms with van der Waals surface area (Å²) in [6.45, 7) is 3.54. The number of ether oxygens (including phenoxy) is 2. The molecule has 0 aliphatic carbocycles. The van der Waals surface area contributed by atoms with Gasteiger partial charge in [0, 0.05) is 18.2 Å². The quantitative estimate of drug-likeness (QED) is 0.501. The van der Waals surface area contributed by atoms with Gasteiger partial charge >= 0.3 is 0 Å². The normalized spacial score (nSPS) is 10.8. The number of aryl methyl sites for hydroxylation is 2. The molecular formula is C20H26N2O4. The zero-order chi connectivity index (χ0) is 19.1. The predicted octanol–water partition coefficient (Wildman–Crippen LogP) is 3.99. The Balaban J connectivity index is 1.86. The van der Waals surface area contributed by atoms with Crippen LogP contribution in [0.5, 0.6) is 11.5 Å². The lowest BCUT2D eigenvalue weighted by Crippen LogP contribution is -2.19. The van der Waals surface area contributed by atoms with Gasteiger partial charge in [-0.2, -0.15) is 0 Å². The number of rotatable bonds is 9. The number of hydrogen-bond donors (Lipinski definition) is 0. The lowest BCUT2D eigenvalue weighted by Gasteiger charge is -2.18. The molecule has 0 unspecified atom stereocenters. The Morgan fingerprint density at radius 2 is 1.73 bits per heavy atom. The summed E-state index contributed by atoms with van der Waals surface area (Å²) in [5, 5.41) is 10.9. The Morgan fingerprint density at radius 1 is 1.04 bits per heavy atom. The third-order valence-corrected chi connectivity index (χ3v) is 4.36. The van der Waals surface area contributed by atoms with Crippen LogP contribution < -0.4 is 9.47 Å². The molecule has 0 atom stereocenters. The highest BCUT2D eigenvalue weighted by molar-refractivity contribution is 5.43. The summed E-state index contributed by atoms with van der Waals surface area (Å²) < 4.78 is 10.6. The lowest BCUT2D eigenvalue weighted by atomic mass is 10.1. The van der Waals surface area contributed by atoms with Gasteiger partial charge in [-0.15, -0.1) is 0 Å². The van der Waals surface area contributed by atoms with Gasteiger partial charge in [0.15, 0.2) is 11.5 Å². The minimum absolute atomic E-state index is 0.180. The third-order valence-electron chi connectivity index (χ3n) is 4.36. The van der Waals surface area contributed by atoms with Crippen molar-refractivity contribution in [1.82, 2.24) is 4.90 Å². The molecule has 0 aliphatic rings. The van der Waals surface area contributed by atoms with Gasteiger partial charge < -0.3 is 14.4 Å². The van der Waals surface area contributed by atoms with Crippen LogP contribution >= 0.6 is 0 Å². The molecular weight excluding hydrogens is 332 g/mol. The van der Waals surface area contributed by atoms with Gasteiger partial charge in [0.25, 0.3) is 5.69 Å². The average Bonchev–Trinajstić information content (AvgIpc) is 2.61. The maximum Gasteiger partial charge on any atom is 0.272 e. The van der Waals surface area contributed by atoms with Crippen molar-refractivity contribution >= 4 is 5.69 Å². The van der Waals surface area contributed by atoms with E-state index in [1.807, 2.05) is 30.3 Å². The van der Waals surface area contributed by atoms with Crippen LogP contribution in [0.1, 0.15) is 23.1 Å². The molecule has 140 valence electrons. The number of nitro groups is 1. The Labute approximate surface area is 154 Å². The minimum Gasteiger partial charge on any atom is -0.493 e. The van der Waals surface area contributed by atoms with Gasteiger partial charge in [-0.25, -0.2) is 0 Å². The molecule has 2 aromatic rings. The second-order valence-electron chi connectivity index (χ2n) is 6.41. The molecule has 0 N–H and O–H groups in total. The standard InChI is InChI=1S/C20H26N2O4/c1-15-12-16(7-9-18(15)22(23)24)6-5-11-21(2)14-17-8-10-19(25-3)20(13-17)26-4/h7-10,12-13H,5-6,11,14H2,1-4H3. The molecule has 0 aromatic heterocycles. The van der Waals surface area contributed by atoms with Crippen LogP contribution in [0.25, 0.3) is 0 Å². The predicted molar refractivity (Wildman–Crippen MR) is 102 cm³/mol. The smallest absolute Gasteiger partial charge is 0.272 e. The summed E-state index contributed by atoms with van der Waals surface area (Å²) >= 11 is 0. The second-order valence-corrected chi connectivity index (χ2v) is 6.41. The highest BCUT2D eigenvalue weighted by Gasteiger charge is 2.10. The van der Waals surface area contributed by atoms with E-state index in [1.165, 1.54) is 0 Å². The molecule has 0 saturated heterocycles. The molecule has 6 heteroatoms. The zero-order valence-corrected chi connectivity index (χ0v) is 15.8. The summed E-state index contributed by atoms with van der Waals surface area (Å²) in [6.07, 6.45) is 1.89. The third kappa shape index (κ3) is 5.20. The summed E-state index contributed by atoms with van der Waals surface area (Å²) in [5.74, 6) is 1.46. The van der Waals surface area contributed by atoms with Crippen molar-refractivity contribution in [3.63, 3.8) is 0 Å². The molecule has 0 spiro atoms. The van der Waals surface area contributed by atoms with E-state index in [-0.39, 0.29) is 10.6 Å². The molecule has 0 radical (unpaired) electrons. The van der Waals surface area contributed by atoms with Crippen molar-refractivity contribution in [3.05, 3.63) is 63.2 Å². The molecule has 0 fully saturated rings. The molecule has 0 heterocycles. The van der Waals surface area contributed by atoms with Gasteiger partial charge in [0.05, 0.1) is 19.1 Å². The fourth-order valence-electron chi connectivity index (χ4n) is 3.00. The fraction of sp³-hybridized carbons (Fsp3) is 0.400. The highest BCUT2D eigenvalue weighted by atomic mass is 16.6. The van der Waals surface area contributed by atoms with Crippen molar-refractivity contribution in [1.29, 1.82) is 0 Å². The molecule has 0 saturated carbocycles. The van der Waals surface area contributed by atoms with E-state index < -0.39 is 0 Å². The first-order valence-electron chi connectivity index (χ1n) is 8.58. The van der Waals surface area contributed by atoms with E-state index in [1.54, 1.807) is 27.2 Å². The molecule has 0 aliphatic heterocycles. The maximum absolute atomic E-state index is 10.9.